The first kappa shape index (κ1) is 13.3. The van der Waals surface area contributed by atoms with Gasteiger partial charge in [-0.25, -0.2) is 0 Å². The molecule has 0 radical (unpaired) electrons. The number of aliphatic hydroxyl groups excluding tert-OH is 1. The van der Waals surface area contributed by atoms with Crippen molar-refractivity contribution < 1.29 is 9.90 Å². The van der Waals surface area contributed by atoms with Gasteiger partial charge in [-0.2, -0.15) is 0 Å². The van der Waals surface area contributed by atoms with Crippen molar-refractivity contribution in [3.05, 3.63) is 0 Å². The highest BCUT2D eigenvalue weighted by molar-refractivity contribution is 5.89. The lowest BCUT2D eigenvalue weighted by molar-refractivity contribution is -0.167. The second-order valence-corrected chi connectivity index (χ2v) is 8.69. The monoisotopic (exact) mass is 276 g/mol. The Morgan fingerprint density at radius 2 is 1.85 bits per heavy atom. The summed E-state index contributed by atoms with van der Waals surface area (Å²) in [5, 5.41) is 10.3. The fourth-order valence-electron chi connectivity index (χ4n) is 6.70. The molecule has 0 unspecified atom stereocenters. The molecular formula is C18H28O2. The average Bonchev–Trinajstić information content (AvgIpc) is 2.80. The highest BCUT2D eigenvalue weighted by Crippen LogP contribution is 2.64. The molecule has 0 amide bonds. The van der Waals surface area contributed by atoms with E-state index < -0.39 is 0 Å². The molecule has 1 N–H and O–H groups in total. The van der Waals surface area contributed by atoms with Crippen molar-refractivity contribution >= 4 is 5.78 Å². The van der Waals surface area contributed by atoms with E-state index in [1.54, 1.807) is 0 Å². The van der Waals surface area contributed by atoms with E-state index in [9.17, 15) is 9.90 Å². The van der Waals surface area contributed by atoms with Crippen LogP contribution < -0.4 is 0 Å². The number of ketones is 1. The fourth-order valence-corrected chi connectivity index (χ4v) is 6.70. The molecule has 4 rings (SSSR count). The number of rotatable bonds is 0. The molecular weight excluding hydrogens is 248 g/mol. The first-order valence-corrected chi connectivity index (χ1v) is 8.68. The number of hydrogen-bond acceptors (Lipinski definition) is 2. The summed E-state index contributed by atoms with van der Waals surface area (Å²) in [4.78, 5) is 12.8. The van der Waals surface area contributed by atoms with E-state index in [1.165, 1.54) is 32.1 Å². The van der Waals surface area contributed by atoms with E-state index in [0.717, 1.165) is 25.2 Å². The van der Waals surface area contributed by atoms with Crippen molar-refractivity contribution in [2.24, 2.45) is 34.5 Å². The van der Waals surface area contributed by atoms with Gasteiger partial charge in [-0.3, -0.25) is 4.79 Å². The third-order valence-corrected chi connectivity index (χ3v) is 7.89. The van der Waals surface area contributed by atoms with Crippen LogP contribution in [-0.4, -0.2) is 17.0 Å². The summed E-state index contributed by atoms with van der Waals surface area (Å²) < 4.78 is 0. The van der Waals surface area contributed by atoms with Gasteiger partial charge in [-0.05, 0) is 68.1 Å². The van der Waals surface area contributed by atoms with Gasteiger partial charge >= 0.3 is 0 Å². The zero-order valence-corrected chi connectivity index (χ0v) is 12.9. The van der Waals surface area contributed by atoms with Crippen LogP contribution in [-0.2, 0) is 4.79 Å². The van der Waals surface area contributed by atoms with Gasteiger partial charge in [0.1, 0.15) is 5.78 Å². The molecule has 2 bridgehead atoms. The predicted octanol–water partition coefficient (Wildman–Crippen LogP) is 3.57. The van der Waals surface area contributed by atoms with E-state index in [-0.39, 0.29) is 17.4 Å². The van der Waals surface area contributed by atoms with Gasteiger partial charge in [-0.15, -0.1) is 0 Å². The van der Waals surface area contributed by atoms with Crippen molar-refractivity contribution in [3.63, 3.8) is 0 Å². The molecule has 112 valence electrons. The van der Waals surface area contributed by atoms with Gasteiger partial charge in [0.2, 0.25) is 0 Å². The number of carbonyl (C=O) groups excluding carboxylic acids is 1. The largest absolute Gasteiger partial charge is 0.392 e. The number of Topliss-reactive ketones (excluding diaryl/α,β-unsaturated/α-hetero) is 1. The summed E-state index contributed by atoms with van der Waals surface area (Å²) in [6, 6.07) is 0. The van der Waals surface area contributed by atoms with Crippen LogP contribution in [0.5, 0.6) is 0 Å². The molecule has 4 aliphatic carbocycles. The van der Waals surface area contributed by atoms with E-state index in [1.807, 2.05) is 0 Å². The lowest BCUT2D eigenvalue weighted by atomic mass is 9.45. The highest BCUT2D eigenvalue weighted by atomic mass is 16.3. The van der Waals surface area contributed by atoms with Crippen molar-refractivity contribution in [2.45, 2.75) is 71.3 Å². The molecule has 20 heavy (non-hydrogen) atoms. The third-order valence-electron chi connectivity index (χ3n) is 7.89. The first-order valence-electron chi connectivity index (χ1n) is 8.68. The number of fused-ring (bicyclic) bond motifs is 6. The lowest BCUT2D eigenvalue weighted by Gasteiger charge is -2.59. The van der Waals surface area contributed by atoms with Crippen LogP contribution >= 0.6 is 0 Å². The Balaban J connectivity index is 1.72. The average molecular weight is 276 g/mol. The van der Waals surface area contributed by atoms with E-state index in [0.29, 0.717) is 23.0 Å². The standard InChI is InChI=1S/C18H28O2/c1-17-7-3-4-13(17)11-10-12-15(19)6-9-18(2,16(12)20)14(11)5-8-17/h11-15,19H,3-10H2,1-2H3/t11-,12-,13-,14-,15-,17-,18+/m1/s1. The zero-order valence-electron chi connectivity index (χ0n) is 12.9. The molecule has 0 spiro atoms. The van der Waals surface area contributed by atoms with Gasteiger partial charge in [0.15, 0.2) is 0 Å². The maximum absolute atomic E-state index is 12.8. The Kier molecular flexibility index (Phi) is 2.72. The molecule has 0 aromatic heterocycles. The Bertz CT molecular complexity index is 445. The molecule has 0 aromatic rings. The Morgan fingerprint density at radius 3 is 2.65 bits per heavy atom. The van der Waals surface area contributed by atoms with Crippen LogP contribution in [0.4, 0.5) is 0 Å². The molecule has 2 heteroatoms. The summed E-state index contributed by atoms with van der Waals surface area (Å²) in [5.74, 6) is 2.49. The second-order valence-electron chi connectivity index (χ2n) is 8.69. The first-order chi connectivity index (χ1) is 9.46. The molecule has 4 aliphatic rings. The maximum atomic E-state index is 12.8. The van der Waals surface area contributed by atoms with Crippen LogP contribution in [0.2, 0.25) is 0 Å². The summed E-state index contributed by atoms with van der Waals surface area (Å²) in [6.07, 6.45) is 9.11. The van der Waals surface area contributed by atoms with Crippen LogP contribution in [0.25, 0.3) is 0 Å². The normalized spacial score (nSPS) is 58.1. The topological polar surface area (TPSA) is 37.3 Å². The molecule has 0 saturated heterocycles. The molecule has 4 saturated carbocycles. The zero-order chi connectivity index (χ0) is 14.1. The van der Waals surface area contributed by atoms with Crippen molar-refractivity contribution in [2.75, 3.05) is 0 Å². The van der Waals surface area contributed by atoms with E-state index >= 15 is 0 Å². The Hall–Kier alpha value is -0.370. The molecule has 0 heterocycles. The Labute approximate surface area is 122 Å². The minimum atomic E-state index is -0.355. The molecule has 0 aliphatic heterocycles. The lowest BCUT2D eigenvalue weighted by Crippen LogP contribution is -2.59. The van der Waals surface area contributed by atoms with E-state index in [4.69, 9.17) is 0 Å². The molecule has 7 atom stereocenters. The van der Waals surface area contributed by atoms with Crippen LogP contribution in [0, 0.1) is 34.5 Å². The SMILES string of the molecule is C[C@]12CCC[C@@H]1[C@H]1C[C@H]3C(=O)[C@@](C)(CC[C@H]3O)[C@@H]1CC2. The number of carbonyl (C=O) groups is 1. The van der Waals surface area contributed by atoms with Crippen molar-refractivity contribution in [3.8, 4) is 0 Å². The third kappa shape index (κ3) is 1.52. The van der Waals surface area contributed by atoms with Gasteiger partial charge in [0, 0.05) is 11.3 Å². The second kappa shape index (κ2) is 4.09. The highest BCUT2D eigenvalue weighted by Gasteiger charge is 2.61. The maximum Gasteiger partial charge on any atom is 0.144 e. The van der Waals surface area contributed by atoms with E-state index in [2.05, 4.69) is 13.8 Å². The molecule has 0 aromatic carbocycles. The minimum absolute atomic E-state index is 0.0436. The van der Waals surface area contributed by atoms with Crippen molar-refractivity contribution in [1.82, 2.24) is 0 Å². The van der Waals surface area contributed by atoms with Crippen LogP contribution in [0.15, 0.2) is 0 Å². The number of aliphatic hydroxyl groups is 1. The van der Waals surface area contributed by atoms with Crippen LogP contribution in [0.1, 0.15) is 65.2 Å². The Morgan fingerprint density at radius 1 is 1.05 bits per heavy atom. The number of hydrogen-bond donors (Lipinski definition) is 1. The van der Waals surface area contributed by atoms with Crippen molar-refractivity contribution in [1.29, 1.82) is 0 Å². The quantitative estimate of drug-likeness (QED) is 0.734. The van der Waals surface area contributed by atoms with Crippen LogP contribution in [0.3, 0.4) is 0 Å². The summed E-state index contributed by atoms with van der Waals surface area (Å²) >= 11 is 0. The summed E-state index contributed by atoms with van der Waals surface area (Å²) in [5.41, 5.74) is 0.425. The van der Waals surface area contributed by atoms with Gasteiger partial charge in [0.05, 0.1) is 6.10 Å². The molecule has 4 fully saturated rings. The summed E-state index contributed by atoms with van der Waals surface area (Å²) in [7, 11) is 0. The minimum Gasteiger partial charge on any atom is -0.392 e. The molecule has 2 nitrogen and oxygen atoms in total. The van der Waals surface area contributed by atoms with Gasteiger partial charge in [-0.1, -0.05) is 20.3 Å². The van der Waals surface area contributed by atoms with Gasteiger partial charge < -0.3 is 5.11 Å². The predicted molar refractivity (Wildman–Crippen MR) is 78.1 cm³/mol. The van der Waals surface area contributed by atoms with Gasteiger partial charge in [0.25, 0.3) is 0 Å². The smallest absolute Gasteiger partial charge is 0.144 e. The summed E-state index contributed by atoms with van der Waals surface area (Å²) in [6.45, 7) is 4.72. The fraction of sp³-hybridized carbons (Fsp3) is 0.944.